The minimum atomic E-state index is 0.171. The van der Waals surface area contributed by atoms with Crippen LogP contribution in [0.15, 0.2) is 12.2 Å². The Morgan fingerprint density at radius 3 is 2.81 bits per heavy atom. The van der Waals surface area contributed by atoms with Crippen molar-refractivity contribution < 1.29 is 9.84 Å². The number of hydrogen-bond acceptors (Lipinski definition) is 2. The van der Waals surface area contributed by atoms with Gasteiger partial charge in [-0.15, -0.1) is 0 Å². The molecule has 16 heavy (non-hydrogen) atoms. The average Bonchev–Trinajstić information content (AvgIpc) is 3.04. The Hall–Kier alpha value is -1.66. The lowest BCUT2D eigenvalue weighted by Crippen LogP contribution is -1.92. The fraction of sp³-hybridized carbons (Fsp3) is 0.429. The second-order valence-corrected chi connectivity index (χ2v) is 3.26. The van der Waals surface area contributed by atoms with E-state index in [0.29, 0.717) is 0 Å². The molecule has 1 rings (SSSR count). The van der Waals surface area contributed by atoms with Crippen LogP contribution in [-0.2, 0) is 4.74 Å². The van der Waals surface area contributed by atoms with Crippen LogP contribution in [0.3, 0.4) is 0 Å². The summed E-state index contributed by atoms with van der Waals surface area (Å²) in [5.41, 5.74) is 0. The summed E-state index contributed by atoms with van der Waals surface area (Å²) >= 11 is 0. The summed E-state index contributed by atoms with van der Waals surface area (Å²) in [6, 6.07) is 0. The molecule has 0 bridgehead atoms. The van der Waals surface area contributed by atoms with Gasteiger partial charge < -0.3 is 9.84 Å². The Morgan fingerprint density at radius 2 is 2.06 bits per heavy atom. The van der Waals surface area contributed by atoms with Gasteiger partial charge in [-0.05, 0) is 55.6 Å². The molecule has 1 aliphatic heterocycles. The van der Waals surface area contributed by atoms with Crippen LogP contribution in [0.4, 0.5) is 0 Å². The second kappa shape index (κ2) is 7.61. The van der Waals surface area contributed by atoms with Crippen molar-refractivity contribution in [2.75, 3.05) is 6.61 Å². The summed E-state index contributed by atoms with van der Waals surface area (Å²) in [5.74, 6) is 15.9. The first-order valence-corrected chi connectivity index (χ1v) is 5.23. The zero-order chi connectivity index (χ0) is 11.6. The minimum Gasteiger partial charge on any atom is -0.396 e. The molecule has 1 aliphatic rings. The number of epoxide rings is 1. The van der Waals surface area contributed by atoms with Gasteiger partial charge in [0.25, 0.3) is 0 Å². The molecule has 0 saturated carbocycles. The van der Waals surface area contributed by atoms with E-state index in [1.165, 1.54) is 0 Å². The second-order valence-electron chi connectivity index (χ2n) is 3.26. The average molecular weight is 214 g/mol. The lowest BCUT2D eigenvalue weighted by molar-refractivity contribution is 0.273. The molecule has 2 atom stereocenters. The largest absolute Gasteiger partial charge is 0.396 e. The molecular weight excluding hydrogens is 200 g/mol. The van der Waals surface area contributed by atoms with Gasteiger partial charge in [0, 0.05) is 6.61 Å². The molecular formula is C14H14O2. The van der Waals surface area contributed by atoms with Crippen LogP contribution in [0.25, 0.3) is 0 Å². The maximum Gasteiger partial charge on any atom is 0.103 e. The van der Waals surface area contributed by atoms with Crippen molar-refractivity contribution in [1.29, 1.82) is 0 Å². The molecule has 0 amide bonds. The van der Waals surface area contributed by atoms with Crippen LogP contribution in [0, 0.1) is 35.5 Å². The van der Waals surface area contributed by atoms with Gasteiger partial charge in [-0.2, -0.15) is 0 Å². The molecule has 1 fully saturated rings. The van der Waals surface area contributed by atoms with Gasteiger partial charge in [-0.3, -0.25) is 0 Å². The summed E-state index contributed by atoms with van der Waals surface area (Å²) in [5, 5.41) is 8.62. The Morgan fingerprint density at radius 1 is 1.25 bits per heavy atom. The van der Waals surface area contributed by atoms with Crippen LogP contribution in [0.2, 0.25) is 0 Å². The van der Waals surface area contributed by atoms with Crippen LogP contribution in [-0.4, -0.2) is 23.9 Å². The number of aliphatic hydroxyl groups is 1. The first-order valence-electron chi connectivity index (χ1n) is 5.23. The molecule has 1 saturated heterocycles. The van der Waals surface area contributed by atoms with Gasteiger partial charge >= 0.3 is 0 Å². The third kappa shape index (κ3) is 5.28. The summed E-state index contributed by atoms with van der Waals surface area (Å²) < 4.78 is 5.34. The van der Waals surface area contributed by atoms with E-state index in [1.54, 1.807) is 13.0 Å². The van der Waals surface area contributed by atoms with E-state index in [0.717, 1.165) is 12.8 Å². The molecule has 0 aromatic carbocycles. The van der Waals surface area contributed by atoms with E-state index in [-0.39, 0.29) is 18.8 Å². The van der Waals surface area contributed by atoms with Crippen molar-refractivity contribution in [2.45, 2.75) is 32.0 Å². The van der Waals surface area contributed by atoms with Crippen molar-refractivity contribution in [2.24, 2.45) is 0 Å². The highest BCUT2D eigenvalue weighted by molar-refractivity contribution is 5.37. The monoisotopic (exact) mass is 214 g/mol. The van der Waals surface area contributed by atoms with Crippen molar-refractivity contribution in [3.63, 3.8) is 0 Å². The van der Waals surface area contributed by atoms with E-state index >= 15 is 0 Å². The van der Waals surface area contributed by atoms with Gasteiger partial charge in [0.05, 0.1) is 6.10 Å². The first-order chi connectivity index (χ1) is 7.88. The molecule has 0 aromatic heterocycles. The van der Waals surface area contributed by atoms with Crippen LogP contribution in [0.5, 0.6) is 0 Å². The Balaban J connectivity index is 2.19. The van der Waals surface area contributed by atoms with Crippen LogP contribution >= 0.6 is 0 Å². The Bertz CT molecular complexity index is 415. The van der Waals surface area contributed by atoms with E-state index in [2.05, 4.69) is 35.5 Å². The topological polar surface area (TPSA) is 32.8 Å². The third-order valence-electron chi connectivity index (χ3n) is 2.02. The predicted octanol–water partition coefficient (Wildman–Crippen LogP) is 1.11. The van der Waals surface area contributed by atoms with Gasteiger partial charge in [-0.1, -0.05) is 11.8 Å². The van der Waals surface area contributed by atoms with Crippen LogP contribution in [0.1, 0.15) is 19.8 Å². The van der Waals surface area contributed by atoms with Gasteiger partial charge in [0.15, 0.2) is 0 Å². The zero-order valence-corrected chi connectivity index (χ0v) is 9.29. The smallest absolute Gasteiger partial charge is 0.103 e. The molecule has 82 valence electrons. The van der Waals surface area contributed by atoms with Crippen molar-refractivity contribution >= 4 is 0 Å². The molecule has 2 nitrogen and oxygen atoms in total. The number of rotatable bonds is 4. The highest BCUT2D eigenvalue weighted by Crippen LogP contribution is 2.27. The first kappa shape index (κ1) is 12.4. The standard InChI is InChI=1S/C14H14O2/c1-2-3-4-5-6-7-8-10-13-14(16-13)11-9-12-15/h8,10,13-15H,9,11-12H2,1H3/b10-8+. The summed E-state index contributed by atoms with van der Waals surface area (Å²) in [4.78, 5) is 0. The van der Waals surface area contributed by atoms with E-state index < -0.39 is 0 Å². The zero-order valence-electron chi connectivity index (χ0n) is 9.29. The van der Waals surface area contributed by atoms with Gasteiger partial charge in [0.2, 0.25) is 0 Å². The summed E-state index contributed by atoms with van der Waals surface area (Å²) in [6.07, 6.45) is 5.80. The minimum absolute atomic E-state index is 0.171. The van der Waals surface area contributed by atoms with Gasteiger partial charge in [0.1, 0.15) is 6.10 Å². The molecule has 0 radical (unpaired) electrons. The molecule has 0 spiro atoms. The SMILES string of the molecule is CC#CC#CC#C/C=C/C1OC1CCCO. The molecule has 1 heterocycles. The van der Waals surface area contributed by atoms with E-state index in [1.807, 2.05) is 6.08 Å². The maximum atomic E-state index is 8.62. The van der Waals surface area contributed by atoms with Crippen molar-refractivity contribution in [1.82, 2.24) is 0 Å². The Labute approximate surface area is 96.7 Å². The molecule has 2 unspecified atom stereocenters. The lowest BCUT2D eigenvalue weighted by atomic mass is 10.2. The number of aliphatic hydroxyl groups excluding tert-OH is 1. The van der Waals surface area contributed by atoms with Crippen molar-refractivity contribution in [3.8, 4) is 35.5 Å². The van der Waals surface area contributed by atoms with E-state index in [4.69, 9.17) is 9.84 Å². The summed E-state index contributed by atoms with van der Waals surface area (Å²) in [6.45, 7) is 1.96. The normalized spacial score (nSPS) is 21.1. The highest BCUT2D eigenvalue weighted by Gasteiger charge is 2.35. The molecule has 0 aromatic rings. The Kier molecular flexibility index (Phi) is 5.90. The van der Waals surface area contributed by atoms with E-state index in [9.17, 15) is 0 Å². The summed E-state index contributed by atoms with van der Waals surface area (Å²) in [7, 11) is 0. The fourth-order valence-electron chi connectivity index (χ4n) is 1.20. The maximum absolute atomic E-state index is 8.62. The predicted molar refractivity (Wildman–Crippen MR) is 63.1 cm³/mol. The quantitative estimate of drug-likeness (QED) is 0.561. The third-order valence-corrected chi connectivity index (χ3v) is 2.02. The molecule has 0 aliphatic carbocycles. The molecule has 1 N–H and O–H groups in total. The number of hydrogen-bond donors (Lipinski definition) is 1. The lowest BCUT2D eigenvalue weighted by Gasteiger charge is -1.87. The van der Waals surface area contributed by atoms with Crippen LogP contribution < -0.4 is 0 Å². The fourth-order valence-corrected chi connectivity index (χ4v) is 1.20. The highest BCUT2D eigenvalue weighted by atomic mass is 16.6. The number of allylic oxidation sites excluding steroid dienone is 1. The van der Waals surface area contributed by atoms with Crippen molar-refractivity contribution in [3.05, 3.63) is 12.2 Å². The molecule has 2 heteroatoms. The number of ether oxygens (including phenoxy) is 1. The van der Waals surface area contributed by atoms with Gasteiger partial charge in [-0.25, -0.2) is 0 Å².